The number of ether oxygens (including phenoxy) is 1. The second-order valence-corrected chi connectivity index (χ2v) is 5.55. The number of para-hydroxylation sites is 1. The Labute approximate surface area is 136 Å². The van der Waals surface area contributed by atoms with Crippen molar-refractivity contribution >= 4 is 11.9 Å². The number of amides is 1. The zero-order valence-electron chi connectivity index (χ0n) is 12.8. The van der Waals surface area contributed by atoms with E-state index in [9.17, 15) is 27.9 Å². The third kappa shape index (κ3) is 3.69. The summed E-state index contributed by atoms with van der Waals surface area (Å²) in [6.07, 6.45) is -1.58. The van der Waals surface area contributed by atoms with Gasteiger partial charge in [0, 0.05) is 5.56 Å². The van der Waals surface area contributed by atoms with Crippen molar-refractivity contribution in [3.63, 3.8) is 0 Å². The van der Waals surface area contributed by atoms with Crippen molar-refractivity contribution in [2.45, 2.75) is 32.2 Å². The van der Waals surface area contributed by atoms with E-state index in [0.717, 1.165) is 6.07 Å². The zero-order valence-corrected chi connectivity index (χ0v) is 12.8. The molecular formula is C16H16F3NO4. The first-order chi connectivity index (χ1) is 11.2. The summed E-state index contributed by atoms with van der Waals surface area (Å²) in [5.41, 5.74) is -1.51. The summed E-state index contributed by atoms with van der Waals surface area (Å²) in [7, 11) is 0. The quantitative estimate of drug-likeness (QED) is 0.636. The lowest BCUT2D eigenvalue weighted by Gasteiger charge is -2.26. The Kier molecular flexibility index (Phi) is 4.86. The van der Waals surface area contributed by atoms with Crippen LogP contribution in [0.5, 0.6) is 5.75 Å². The first-order valence-corrected chi connectivity index (χ1v) is 7.20. The van der Waals surface area contributed by atoms with Gasteiger partial charge in [0.25, 0.3) is 0 Å². The van der Waals surface area contributed by atoms with Crippen molar-refractivity contribution in [2.75, 3.05) is 0 Å². The Bertz CT molecular complexity index is 662. The van der Waals surface area contributed by atoms with Crippen molar-refractivity contribution in [3.8, 4) is 5.75 Å². The molecule has 1 aliphatic carbocycles. The van der Waals surface area contributed by atoms with Crippen LogP contribution in [0, 0.1) is 5.41 Å². The van der Waals surface area contributed by atoms with Gasteiger partial charge >= 0.3 is 12.3 Å². The van der Waals surface area contributed by atoms with E-state index in [1.165, 1.54) is 25.1 Å². The van der Waals surface area contributed by atoms with E-state index in [2.05, 4.69) is 10.1 Å². The summed E-state index contributed by atoms with van der Waals surface area (Å²) in [5, 5.41) is 11.8. The van der Waals surface area contributed by atoms with Crippen molar-refractivity contribution in [1.82, 2.24) is 5.32 Å². The van der Waals surface area contributed by atoms with Crippen LogP contribution in [-0.2, 0) is 9.59 Å². The number of carboxylic acids is 1. The van der Waals surface area contributed by atoms with Gasteiger partial charge in [-0.2, -0.15) is 0 Å². The number of carboxylic acid groups (broad SMARTS) is 1. The van der Waals surface area contributed by atoms with Crippen molar-refractivity contribution in [1.29, 1.82) is 0 Å². The van der Waals surface area contributed by atoms with Crippen molar-refractivity contribution in [3.05, 3.63) is 42.0 Å². The number of alkyl halides is 3. The summed E-state index contributed by atoms with van der Waals surface area (Å²) in [5.74, 6) is -2.45. The van der Waals surface area contributed by atoms with Crippen LogP contribution >= 0.6 is 0 Å². The monoisotopic (exact) mass is 343 g/mol. The Morgan fingerprint density at radius 2 is 1.83 bits per heavy atom. The van der Waals surface area contributed by atoms with E-state index in [1.807, 2.05) is 0 Å². The van der Waals surface area contributed by atoms with Crippen molar-refractivity contribution < 1.29 is 32.6 Å². The molecule has 0 radical (unpaired) electrons. The van der Waals surface area contributed by atoms with Crippen LogP contribution in [0.1, 0.15) is 31.4 Å². The summed E-state index contributed by atoms with van der Waals surface area (Å²) in [4.78, 5) is 23.9. The SMILES string of the molecule is CC(NC(=O)C1(C(=O)O)CC=CC1)c1ccccc1OC(F)(F)F. The molecule has 2 rings (SSSR count). The van der Waals surface area contributed by atoms with Crippen LogP contribution < -0.4 is 10.1 Å². The molecule has 1 atom stereocenters. The molecule has 0 spiro atoms. The molecule has 0 bridgehead atoms. The second-order valence-electron chi connectivity index (χ2n) is 5.55. The van der Waals surface area contributed by atoms with Crippen LogP contribution in [-0.4, -0.2) is 23.3 Å². The number of aliphatic carboxylic acids is 1. The molecule has 1 aromatic rings. The zero-order chi connectivity index (χ0) is 18.0. The Hall–Kier alpha value is -2.51. The first-order valence-electron chi connectivity index (χ1n) is 7.20. The van der Waals surface area contributed by atoms with Gasteiger partial charge in [-0.05, 0) is 25.8 Å². The molecule has 2 N–H and O–H groups in total. The van der Waals surface area contributed by atoms with Gasteiger partial charge in [-0.15, -0.1) is 13.2 Å². The number of carbonyl (C=O) groups excluding carboxylic acids is 1. The maximum atomic E-state index is 12.5. The largest absolute Gasteiger partial charge is 0.573 e. The van der Waals surface area contributed by atoms with Crippen LogP contribution in [0.2, 0.25) is 0 Å². The van der Waals surface area contributed by atoms with Crippen LogP contribution in [0.4, 0.5) is 13.2 Å². The topological polar surface area (TPSA) is 75.6 Å². The van der Waals surface area contributed by atoms with Gasteiger partial charge in [-0.1, -0.05) is 30.4 Å². The maximum absolute atomic E-state index is 12.5. The predicted octanol–water partition coefficient (Wildman–Crippen LogP) is 3.18. The summed E-state index contributed by atoms with van der Waals surface area (Å²) in [6.45, 7) is 1.47. The van der Waals surface area contributed by atoms with Gasteiger partial charge in [0.05, 0.1) is 6.04 Å². The Morgan fingerprint density at radius 3 is 2.38 bits per heavy atom. The number of carbonyl (C=O) groups is 2. The van der Waals surface area contributed by atoms with E-state index >= 15 is 0 Å². The minimum absolute atomic E-state index is 0.0432. The molecule has 0 saturated carbocycles. The minimum Gasteiger partial charge on any atom is -0.480 e. The van der Waals surface area contributed by atoms with E-state index < -0.39 is 35.4 Å². The molecule has 8 heteroatoms. The number of benzene rings is 1. The molecule has 0 aromatic heterocycles. The molecule has 1 aromatic carbocycles. The van der Waals surface area contributed by atoms with Gasteiger partial charge < -0.3 is 15.2 Å². The normalized spacial score (nSPS) is 17.3. The molecule has 1 amide bonds. The van der Waals surface area contributed by atoms with E-state index in [-0.39, 0.29) is 18.4 Å². The fourth-order valence-electron chi connectivity index (χ4n) is 2.58. The highest BCUT2D eigenvalue weighted by Gasteiger charge is 2.47. The smallest absolute Gasteiger partial charge is 0.480 e. The molecule has 130 valence electrons. The van der Waals surface area contributed by atoms with Crippen molar-refractivity contribution in [2.24, 2.45) is 5.41 Å². The molecule has 0 heterocycles. The number of halogens is 3. The first kappa shape index (κ1) is 17.8. The second kappa shape index (κ2) is 6.54. The van der Waals surface area contributed by atoms with Gasteiger partial charge in [0.15, 0.2) is 5.41 Å². The summed E-state index contributed by atoms with van der Waals surface area (Å²) >= 11 is 0. The van der Waals surface area contributed by atoms with Crippen LogP contribution in [0.25, 0.3) is 0 Å². The standard InChI is InChI=1S/C16H16F3NO4/c1-10(11-6-2-3-7-12(11)24-16(17,18)19)20-13(21)15(14(22)23)8-4-5-9-15/h2-7,10H,8-9H2,1H3,(H,20,21)(H,22,23). The fourth-order valence-corrected chi connectivity index (χ4v) is 2.58. The molecule has 24 heavy (non-hydrogen) atoms. The van der Waals surface area contributed by atoms with E-state index in [0.29, 0.717) is 0 Å². The molecule has 0 aliphatic heterocycles. The number of hydrogen-bond acceptors (Lipinski definition) is 3. The van der Waals surface area contributed by atoms with Crippen LogP contribution in [0.3, 0.4) is 0 Å². The predicted molar refractivity (Wildman–Crippen MR) is 78.1 cm³/mol. The molecule has 1 aliphatic rings. The maximum Gasteiger partial charge on any atom is 0.573 e. The number of allylic oxidation sites excluding steroid dienone is 2. The highest BCUT2D eigenvalue weighted by Crippen LogP contribution is 2.36. The van der Waals surface area contributed by atoms with Crippen LogP contribution in [0.15, 0.2) is 36.4 Å². The molecule has 1 unspecified atom stereocenters. The van der Waals surface area contributed by atoms with Gasteiger partial charge in [-0.25, -0.2) is 0 Å². The fraction of sp³-hybridized carbons (Fsp3) is 0.375. The average molecular weight is 343 g/mol. The summed E-state index contributed by atoms with van der Waals surface area (Å²) < 4.78 is 41.3. The number of nitrogens with one attached hydrogen (secondary N) is 1. The third-order valence-electron chi connectivity index (χ3n) is 3.90. The average Bonchev–Trinajstić information content (AvgIpc) is 2.96. The lowest BCUT2D eigenvalue weighted by atomic mass is 9.84. The van der Waals surface area contributed by atoms with E-state index in [1.54, 1.807) is 12.2 Å². The Balaban J connectivity index is 2.19. The molecule has 0 saturated heterocycles. The third-order valence-corrected chi connectivity index (χ3v) is 3.90. The Morgan fingerprint density at radius 1 is 1.25 bits per heavy atom. The number of hydrogen-bond donors (Lipinski definition) is 2. The lowest BCUT2D eigenvalue weighted by molar-refractivity contribution is -0.275. The van der Waals surface area contributed by atoms with Gasteiger partial charge in [0.2, 0.25) is 5.91 Å². The minimum atomic E-state index is -4.86. The van der Waals surface area contributed by atoms with Gasteiger partial charge in [0.1, 0.15) is 5.75 Å². The summed E-state index contributed by atoms with van der Waals surface area (Å²) in [6, 6.07) is 4.54. The molecular weight excluding hydrogens is 327 g/mol. The molecule has 0 fully saturated rings. The highest BCUT2D eigenvalue weighted by atomic mass is 19.4. The molecule has 5 nitrogen and oxygen atoms in total. The lowest BCUT2D eigenvalue weighted by Crippen LogP contribution is -2.45. The van der Waals surface area contributed by atoms with Gasteiger partial charge in [-0.3, -0.25) is 9.59 Å². The number of rotatable bonds is 5. The van der Waals surface area contributed by atoms with E-state index in [4.69, 9.17) is 0 Å². The highest BCUT2D eigenvalue weighted by molar-refractivity contribution is 6.02.